The smallest absolute Gasteiger partial charge is 0.418 e. The number of alkyl halides is 3. The summed E-state index contributed by atoms with van der Waals surface area (Å²) in [5.74, 6) is -2.49. The number of nitrogens with one attached hydrogen (secondary N) is 2. The Bertz CT molecular complexity index is 2030. The average Bonchev–Trinajstić information content (AvgIpc) is 3.79. The van der Waals surface area contributed by atoms with E-state index in [1.54, 1.807) is 48.2 Å². The van der Waals surface area contributed by atoms with Crippen LogP contribution in [0.4, 0.5) is 24.5 Å². The van der Waals surface area contributed by atoms with E-state index in [-0.39, 0.29) is 51.3 Å². The third kappa shape index (κ3) is 5.02. The number of benzene rings is 3. The number of hydrogen-bond donors (Lipinski definition) is 2. The minimum Gasteiger partial charge on any atom is -0.483 e. The van der Waals surface area contributed by atoms with Crippen molar-refractivity contribution in [2.45, 2.75) is 28.8 Å². The second-order valence-corrected chi connectivity index (χ2v) is 15.5. The van der Waals surface area contributed by atoms with Crippen LogP contribution in [0.3, 0.4) is 0 Å². The van der Waals surface area contributed by atoms with Crippen molar-refractivity contribution in [1.82, 2.24) is 4.98 Å². The maximum absolute atomic E-state index is 14.0. The van der Waals surface area contributed by atoms with Gasteiger partial charge in [0, 0.05) is 26.1 Å². The summed E-state index contributed by atoms with van der Waals surface area (Å²) in [4.78, 5) is 58.3. The minimum absolute atomic E-state index is 0.0594. The summed E-state index contributed by atoms with van der Waals surface area (Å²) in [5, 5.41) is 2.97. The predicted molar refractivity (Wildman–Crippen MR) is 177 cm³/mol. The molecule has 7 atom stereocenters. The number of ether oxygens (including phenoxy) is 1. The molecule has 1 aromatic heterocycles. The molecule has 48 heavy (non-hydrogen) atoms. The molecule has 4 aromatic rings. The molecule has 2 bridgehead atoms. The maximum Gasteiger partial charge on any atom is 0.418 e. The van der Waals surface area contributed by atoms with Gasteiger partial charge >= 0.3 is 11.0 Å². The van der Waals surface area contributed by atoms with Gasteiger partial charge in [0.05, 0.1) is 33.8 Å². The molecule has 0 spiro atoms. The molecule has 2 saturated carbocycles. The van der Waals surface area contributed by atoms with E-state index in [4.69, 9.17) is 4.74 Å². The Morgan fingerprint density at radius 2 is 1.65 bits per heavy atom. The molecular formula is C34H25BrF3N3O5S2. The third-order valence-corrected chi connectivity index (χ3v) is 13.0. The summed E-state index contributed by atoms with van der Waals surface area (Å²) in [6.45, 7) is -0.555. The molecule has 8 rings (SSSR count). The Labute approximate surface area is 288 Å². The number of rotatable bonds is 6. The standard InChI is InChI=1S/C34H25BrF3N3O5S2/c35-15-9-11-16(12-10-15)41-31(43)26-18-13-19(27(26)32(41)44)28-25(18)24(29-30(47-28)40-33(45)48-29)17-5-1-4-8-22(17)46-14-23(42)39-21-7-3-2-6-20(21)34(36,37)38/h1-12,18-19,24-28H,13-14H2,(H,39,42)(H,40,45)/t18?,19?,24-,25?,26?,27?,28?/m1/s1. The fraction of sp³-hybridized carbons (Fsp3) is 0.294. The molecule has 1 saturated heterocycles. The third-order valence-electron chi connectivity index (χ3n) is 9.93. The number of halogens is 4. The fourth-order valence-corrected chi connectivity index (χ4v) is 11.4. The number of carbonyl (C=O) groups excluding carboxylic acids is 3. The van der Waals surface area contributed by atoms with Crippen molar-refractivity contribution >= 4 is 68.1 Å². The molecule has 3 heterocycles. The number of carbonyl (C=O) groups is 3. The zero-order chi connectivity index (χ0) is 33.5. The molecule has 3 amide bonds. The van der Waals surface area contributed by atoms with Crippen LogP contribution in [0.15, 0.2) is 87.1 Å². The van der Waals surface area contributed by atoms with Crippen LogP contribution >= 0.6 is 39.0 Å². The number of amides is 3. The van der Waals surface area contributed by atoms with Crippen molar-refractivity contribution in [2.24, 2.45) is 29.6 Å². The fourth-order valence-electron chi connectivity index (χ4n) is 8.25. The molecule has 246 valence electrons. The molecular weight excluding hydrogens is 731 g/mol. The molecule has 2 N–H and O–H groups in total. The number of thiazole rings is 1. The second-order valence-electron chi connectivity index (χ2n) is 12.4. The number of hydrogen-bond acceptors (Lipinski definition) is 7. The van der Waals surface area contributed by atoms with E-state index < -0.39 is 36.1 Å². The molecule has 6 unspecified atom stereocenters. The largest absolute Gasteiger partial charge is 0.483 e. The van der Waals surface area contributed by atoms with E-state index in [1.165, 1.54) is 23.1 Å². The van der Waals surface area contributed by atoms with Gasteiger partial charge in [0.15, 0.2) is 6.61 Å². The van der Waals surface area contributed by atoms with Gasteiger partial charge in [0.1, 0.15) is 5.75 Å². The Morgan fingerprint density at radius 1 is 0.958 bits per heavy atom. The zero-order valence-electron chi connectivity index (χ0n) is 24.7. The lowest BCUT2D eigenvalue weighted by atomic mass is 9.68. The van der Waals surface area contributed by atoms with E-state index in [9.17, 15) is 32.3 Å². The number of thioether (sulfide) groups is 1. The molecule has 14 heteroatoms. The van der Waals surface area contributed by atoms with Crippen LogP contribution < -0.4 is 19.8 Å². The van der Waals surface area contributed by atoms with Crippen molar-refractivity contribution in [3.8, 4) is 5.75 Å². The summed E-state index contributed by atoms with van der Waals surface area (Å²) in [5.41, 5.74) is -0.0937. The average molecular weight is 757 g/mol. The van der Waals surface area contributed by atoms with E-state index in [1.807, 2.05) is 12.1 Å². The predicted octanol–water partition coefficient (Wildman–Crippen LogP) is 6.91. The summed E-state index contributed by atoms with van der Waals surface area (Å²) in [7, 11) is 0. The molecule has 8 nitrogen and oxygen atoms in total. The quantitative estimate of drug-likeness (QED) is 0.207. The normalized spacial score (nSPS) is 27.1. The van der Waals surface area contributed by atoms with E-state index in [0.717, 1.165) is 31.8 Å². The molecule has 3 fully saturated rings. The van der Waals surface area contributed by atoms with Gasteiger partial charge in [0.2, 0.25) is 11.8 Å². The van der Waals surface area contributed by atoms with Crippen molar-refractivity contribution in [1.29, 1.82) is 0 Å². The van der Waals surface area contributed by atoms with Crippen LogP contribution in [0, 0.1) is 29.6 Å². The molecule has 2 aliphatic heterocycles. The van der Waals surface area contributed by atoms with Crippen LogP contribution in [0.1, 0.15) is 28.3 Å². The lowest BCUT2D eigenvalue weighted by Crippen LogP contribution is -2.42. The van der Waals surface area contributed by atoms with Crippen molar-refractivity contribution in [3.05, 3.63) is 103 Å². The van der Waals surface area contributed by atoms with E-state index in [2.05, 4.69) is 26.2 Å². The Kier molecular flexibility index (Phi) is 7.60. The highest BCUT2D eigenvalue weighted by molar-refractivity contribution is 9.10. The molecule has 4 aliphatic rings. The van der Waals surface area contributed by atoms with Crippen LogP contribution in [0.5, 0.6) is 5.75 Å². The van der Waals surface area contributed by atoms with Gasteiger partial charge in [0.25, 0.3) is 5.91 Å². The number of para-hydroxylation sites is 2. The Balaban J connectivity index is 1.11. The van der Waals surface area contributed by atoms with Gasteiger partial charge in [-0.15, -0.1) is 11.8 Å². The van der Waals surface area contributed by atoms with Crippen molar-refractivity contribution in [2.75, 3.05) is 16.8 Å². The van der Waals surface area contributed by atoms with Crippen LogP contribution in [0.2, 0.25) is 0 Å². The van der Waals surface area contributed by atoms with Gasteiger partial charge in [-0.1, -0.05) is 57.6 Å². The molecule has 2 aliphatic carbocycles. The minimum atomic E-state index is -4.65. The first kappa shape index (κ1) is 31.4. The monoisotopic (exact) mass is 755 g/mol. The number of aromatic nitrogens is 1. The first-order valence-electron chi connectivity index (χ1n) is 15.2. The lowest BCUT2D eigenvalue weighted by molar-refractivity contribution is -0.137. The number of anilines is 2. The van der Waals surface area contributed by atoms with Gasteiger partial charge in [-0.3, -0.25) is 24.1 Å². The highest BCUT2D eigenvalue weighted by Gasteiger charge is 2.69. The Hall–Kier alpha value is -3.88. The van der Waals surface area contributed by atoms with Gasteiger partial charge in [-0.25, -0.2) is 0 Å². The number of imide groups is 1. The summed E-state index contributed by atoms with van der Waals surface area (Å²) >= 11 is 6.06. The molecule has 3 aromatic carbocycles. The summed E-state index contributed by atoms with van der Waals surface area (Å²) in [6, 6.07) is 18.9. The van der Waals surface area contributed by atoms with E-state index >= 15 is 0 Å². The van der Waals surface area contributed by atoms with Crippen molar-refractivity contribution in [3.63, 3.8) is 0 Å². The topological polar surface area (TPSA) is 109 Å². The highest BCUT2D eigenvalue weighted by atomic mass is 79.9. The van der Waals surface area contributed by atoms with Crippen molar-refractivity contribution < 1.29 is 32.3 Å². The van der Waals surface area contributed by atoms with Crippen LogP contribution in [0.25, 0.3) is 0 Å². The second kappa shape index (κ2) is 11.6. The van der Waals surface area contributed by atoms with Crippen LogP contribution in [-0.4, -0.2) is 34.6 Å². The van der Waals surface area contributed by atoms with Gasteiger partial charge < -0.3 is 15.0 Å². The highest BCUT2D eigenvalue weighted by Crippen LogP contribution is 2.69. The van der Waals surface area contributed by atoms with Gasteiger partial charge in [-0.05, 0) is 66.6 Å². The number of nitrogens with zero attached hydrogens (tertiary/aromatic N) is 1. The number of fused-ring (bicyclic) bond motifs is 9. The number of H-pyrrole nitrogens is 1. The summed E-state index contributed by atoms with van der Waals surface area (Å²) in [6.07, 6.45) is -3.95. The maximum atomic E-state index is 14.0. The lowest BCUT2D eigenvalue weighted by Gasteiger charge is -2.43. The molecule has 0 radical (unpaired) electrons. The van der Waals surface area contributed by atoms with Gasteiger partial charge in [-0.2, -0.15) is 13.2 Å². The van der Waals surface area contributed by atoms with Crippen LogP contribution in [-0.2, 0) is 20.6 Å². The Morgan fingerprint density at radius 3 is 2.40 bits per heavy atom. The SMILES string of the molecule is O=C(COc1ccccc1[C@H]1c2sc(=O)[nH]c2SC2C3CC(C4C(=O)N(c5ccc(Br)cc5)C(=O)C34)C21)Nc1ccccc1C(F)(F)F. The summed E-state index contributed by atoms with van der Waals surface area (Å²) < 4.78 is 47.3. The first-order valence-corrected chi connectivity index (χ1v) is 17.7. The number of aromatic amines is 1. The zero-order valence-corrected chi connectivity index (χ0v) is 27.9. The first-order chi connectivity index (χ1) is 23.0. The van der Waals surface area contributed by atoms with E-state index in [0.29, 0.717) is 23.4 Å².